The Bertz CT molecular complexity index is 771. The number of hydrogen-bond acceptors (Lipinski definition) is 4. The van der Waals surface area contributed by atoms with Crippen LogP contribution in [0.5, 0.6) is 0 Å². The maximum atomic E-state index is 11.9. The van der Waals surface area contributed by atoms with Crippen molar-refractivity contribution in [2.24, 2.45) is 0 Å². The molecule has 0 aliphatic heterocycles. The van der Waals surface area contributed by atoms with Crippen molar-refractivity contribution in [1.29, 1.82) is 0 Å². The van der Waals surface area contributed by atoms with E-state index >= 15 is 0 Å². The van der Waals surface area contributed by atoms with E-state index < -0.39 is 15.9 Å². The second kappa shape index (κ2) is 5.16. The molecule has 0 heterocycles. The summed E-state index contributed by atoms with van der Waals surface area (Å²) in [7, 11) is -3.31. The fraction of sp³-hybridized carbons (Fsp3) is 0.250. The van der Waals surface area contributed by atoms with Crippen LogP contribution in [0.15, 0.2) is 53.4 Å². The summed E-state index contributed by atoms with van der Waals surface area (Å²) in [6.07, 6.45) is 1.21. The number of hydrogen-bond donors (Lipinski definition) is 2. The Kier molecular flexibility index (Phi) is 3.47. The summed E-state index contributed by atoms with van der Waals surface area (Å²) >= 11 is 0. The fourth-order valence-corrected chi connectivity index (χ4v) is 3.68. The van der Waals surface area contributed by atoms with Crippen molar-refractivity contribution in [2.75, 3.05) is 11.6 Å². The summed E-state index contributed by atoms with van der Waals surface area (Å²) < 4.78 is 23.7. The Hall–Kier alpha value is -1.85. The Morgan fingerprint density at radius 2 is 1.76 bits per heavy atom. The molecule has 0 aromatic heterocycles. The van der Waals surface area contributed by atoms with Gasteiger partial charge in [-0.25, -0.2) is 8.42 Å². The van der Waals surface area contributed by atoms with Crippen molar-refractivity contribution in [3.05, 3.63) is 59.7 Å². The minimum atomic E-state index is -3.31. The van der Waals surface area contributed by atoms with Crippen LogP contribution in [-0.4, -0.2) is 25.9 Å². The van der Waals surface area contributed by atoms with Crippen molar-refractivity contribution < 1.29 is 13.5 Å². The highest BCUT2D eigenvalue weighted by atomic mass is 32.2. The molecular formula is C16H17NO3S. The SMILES string of the molecule is CS(=O)(=O)c1ccccc1N[C@H]1c2ccccc2C[C@H]1O. The van der Waals surface area contributed by atoms with E-state index in [9.17, 15) is 13.5 Å². The topological polar surface area (TPSA) is 66.4 Å². The summed E-state index contributed by atoms with van der Waals surface area (Å²) in [5.41, 5.74) is 2.65. The van der Waals surface area contributed by atoms with E-state index in [-0.39, 0.29) is 10.9 Å². The third kappa shape index (κ3) is 2.66. The van der Waals surface area contributed by atoms with Crippen molar-refractivity contribution in [1.82, 2.24) is 0 Å². The first-order chi connectivity index (χ1) is 9.97. The molecule has 4 nitrogen and oxygen atoms in total. The minimum absolute atomic E-state index is 0.251. The highest BCUT2D eigenvalue weighted by Gasteiger charge is 2.31. The van der Waals surface area contributed by atoms with Crippen LogP contribution in [0.1, 0.15) is 17.2 Å². The van der Waals surface area contributed by atoms with Crippen LogP contribution >= 0.6 is 0 Å². The molecular weight excluding hydrogens is 286 g/mol. The van der Waals surface area contributed by atoms with Gasteiger partial charge in [0.15, 0.2) is 9.84 Å². The highest BCUT2D eigenvalue weighted by molar-refractivity contribution is 7.90. The largest absolute Gasteiger partial charge is 0.390 e. The number of nitrogens with one attached hydrogen (secondary N) is 1. The summed E-state index contributed by atoms with van der Waals surface area (Å²) in [6.45, 7) is 0. The molecule has 0 fully saturated rings. The summed E-state index contributed by atoms with van der Waals surface area (Å²) in [5.74, 6) is 0. The highest BCUT2D eigenvalue weighted by Crippen LogP contribution is 2.35. The number of sulfone groups is 1. The molecule has 1 aliphatic rings. The molecule has 3 rings (SSSR count). The van der Waals surface area contributed by atoms with Crippen LogP contribution in [0.2, 0.25) is 0 Å². The van der Waals surface area contributed by atoms with Crippen molar-refractivity contribution in [3.8, 4) is 0 Å². The Morgan fingerprint density at radius 1 is 1.10 bits per heavy atom. The van der Waals surface area contributed by atoms with E-state index in [1.807, 2.05) is 24.3 Å². The molecule has 2 aromatic carbocycles. The molecule has 0 saturated carbocycles. The van der Waals surface area contributed by atoms with Gasteiger partial charge in [-0.1, -0.05) is 36.4 Å². The monoisotopic (exact) mass is 303 g/mol. The van der Waals surface area contributed by atoms with Gasteiger partial charge < -0.3 is 10.4 Å². The summed E-state index contributed by atoms with van der Waals surface area (Å²) in [6, 6.07) is 14.3. The molecule has 0 bridgehead atoms. The lowest BCUT2D eigenvalue weighted by atomic mass is 10.1. The first-order valence-corrected chi connectivity index (χ1v) is 8.67. The molecule has 21 heavy (non-hydrogen) atoms. The van der Waals surface area contributed by atoms with Crippen LogP contribution in [-0.2, 0) is 16.3 Å². The number of benzene rings is 2. The third-order valence-corrected chi connectivity index (χ3v) is 4.96. The molecule has 2 aromatic rings. The molecule has 0 amide bonds. The number of fused-ring (bicyclic) bond motifs is 1. The minimum Gasteiger partial charge on any atom is -0.390 e. The number of aliphatic hydroxyl groups excluding tert-OH is 1. The number of anilines is 1. The molecule has 1 aliphatic carbocycles. The van der Waals surface area contributed by atoms with Crippen molar-refractivity contribution in [3.63, 3.8) is 0 Å². The lowest BCUT2D eigenvalue weighted by Crippen LogP contribution is -2.22. The smallest absolute Gasteiger partial charge is 0.177 e. The summed E-state index contributed by atoms with van der Waals surface area (Å²) in [5, 5.41) is 13.4. The molecule has 2 atom stereocenters. The van der Waals surface area contributed by atoms with Gasteiger partial charge in [0, 0.05) is 12.7 Å². The zero-order valence-corrected chi connectivity index (χ0v) is 12.5. The van der Waals surface area contributed by atoms with Crippen LogP contribution in [0, 0.1) is 0 Å². The molecule has 110 valence electrons. The van der Waals surface area contributed by atoms with Crippen molar-refractivity contribution in [2.45, 2.75) is 23.5 Å². The van der Waals surface area contributed by atoms with E-state index in [1.54, 1.807) is 24.3 Å². The van der Waals surface area contributed by atoms with Gasteiger partial charge in [-0.2, -0.15) is 0 Å². The normalized spacial score (nSPS) is 21.0. The average Bonchev–Trinajstić information content (AvgIpc) is 2.75. The molecule has 0 radical (unpaired) electrons. The van der Waals surface area contributed by atoms with Gasteiger partial charge in [0.1, 0.15) is 0 Å². The van der Waals surface area contributed by atoms with E-state index in [1.165, 1.54) is 6.26 Å². The number of rotatable bonds is 3. The van der Waals surface area contributed by atoms with E-state index in [4.69, 9.17) is 0 Å². The lowest BCUT2D eigenvalue weighted by Gasteiger charge is -2.21. The zero-order valence-electron chi connectivity index (χ0n) is 11.7. The molecule has 5 heteroatoms. The standard InChI is InChI=1S/C16H17NO3S/c1-21(19,20)15-9-5-4-8-13(15)17-16-12-7-3-2-6-11(12)10-14(16)18/h2-9,14,16-18H,10H2,1H3/t14-,16+/m1/s1. The van der Waals surface area contributed by atoms with Crippen molar-refractivity contribution >= 4 is 15.5 Å². The first-order valence-electron chi connectivity index (χ1n) is 6.78. The van der Waals surface area contributed by atoms with Gasteiger partial charge >= 0.3 is 0 Å². The van der Waals surface area contributed by atoms with Crippen LogP contribution in [0.4, 0.5) is 5.69 Å². The third-order valence-electron chi connectivity index (χ3n) is 3.80. The van der Waals surface area contributed by atoms with Gasteiger partial charge in [0.2, 0.25) is 0 Å². The van der Waals surface area contributed by atoms with E-state index in [0.717, 1.165) is 11.1 Å². The Labute approximate surface area is 124 Å². The quantitative estimate of drug-likeness (QED) is 0.912. The second-order valence-corrected chi connectivity index (χ2v) is 7.34. The lowest BCUT2D eigenvalue weighted by molar-refractivity contribution is 0.165. The average molecular weight is 303 g/mol. The molecule has 2 N–H and O–H groups in total. The van der Waals surface area contributed by atoms with E-state index in [2.05, 4.69) is 5.32 Å². The second-order valence-electron chi connectivity index (χ2n) is 5.36. The number of aliphatic hydroxyl groups is 1. The van der Waals surface area contributed by atoms with Crippen LogP contribution in [0.3, 0.4) is 0 Å². The number of para-hydroxylation sites is 1. The van der Waals surface area contributed by atoms with Gasteiger partial charge in [0.25, 0.3) is 0 Å². The summed E-state index contributed by atoms with van der Waals surface area (Å²) in [4.78, 5) is 0.251. The maximum absolute atomic E-state index is 11.9. The van der Waals surface area contributed by atoms with Crippen LogP contribution < -0.4 is 5.32 Å². The Balaban J connectivity index is 1.99. The van der Waals surface area contributed by atoms with E-state index in [0.29, 0.717) is 12.1 Å². The molecule has 0 saturated heterocycles. The predicted octanol–water partition coefficient (Wildman–Crippen LogP) is 2.16. The van der Waals surface area contributed by atoms with Gasteiger partial charge in [-0.3, -0.25) is 0 Å². The molecule has 0 unspecified atom stereocenters. The fourth-order valence-electron chi connectivity index (χ4n) is 2.82. The zero-order chi connectivity index (χ0) is 15.0. The van der Waals surface area contributed by atoms with Gasteiger partial charge in [0.05, 0.1) is 22.7 Å². The Morgan fingerprint density at radius 3 is 2.52 bits per heavy atom. The maximum Gasteiger partial charge on any atom is 0.177 e. The van der Waals surface area contributed by atoms with Gasteiger partial charge in [-0.15, -0.1) is 0 Å². The molecule has 0 spiro atoms. The predicted molar refractivity (Wildman–Crippen MR) is 82.1 cm³/mol. The first kappa shape index (κ1) is 14.1. The van der Waals surface area contributed by atoms with Gasteiger partial charge in [-0.05, 0) is 23.3 Å². The van der Waals surface area contributed by atoms with Crippen LogP contribution in [0.25, 0.3) is 0 Å².